The van der Waals surface area contributed by atoms with Gasteiger partial charge in [0.2, 0.25) is 0 Å². The summed E-state index contributed by atoms with van der Waals surface area (Å²) in [4.78, 5) is 0. The van der Waals surface area contributed by atoms with Gasteiger partial charge in [-0.05, 0) is 0 Å². The summed E-state index contributed by atoms with van der Waals surface area (Å²) >= 11 is -0.721. The molecule has 32 valence electrons. The second kappa shape index (κ2) is 2.06. The van der Waals surface area contributed by atoms with Gasteiger partial charge in [-0.15, -0.1) is 0 Å². The van der Waals surface area contributed by atoms with E-state index in [4.69, 9.17) is 0 Å². The molecule has 0 aromatic carbocycles. The fourth-order valence-electron chi connectivity index (χ4n) is 0.753. The Bertz CT molecular complexity index is 58.3. The van der Waals surface area contributed by atoms with Crippen LogP contribution in [0.2, 0.25) is 13.0 Å². The van der Waals surface area contributed by atoms with Gasteiger partial charge in [-0.25, -0.2) is 0 Å². The Balaban J connectivity index is 2.32. The van der Waals surface area contributed by atoms with Crippen LogP contribution in [0, 0.1) is 0 Å². The van der Waals surface area contributed by atoms with Crippen LogP contribution in [0.1, 0.15) is 0 Å². The fourth-order valence-corrected chi connectivity index (χ4v) is 5.05. The van der Waals surface area contributed by atoms with E-state index < -0.39 is 21.4 Å². The molecule has 0 unspecified atom stereocenters. The van der Waals surface area contributed by atoms with Gasteiger partial charge in [-0.1, -0.05) is 0 Å². The van der Waals surface area contributed by atoms with Gasteiger partial charge in [0.15, 0.2) is 0 Å². The quantitative estimate of drug-likeness (QED) is 0.502. The molecule has 0 aromatic rings. The third kappa shape index (κ3) is 1.04. The molecule has 0 nitrogen and oxygen atoms in total. The molecule has 6 heavy (non-hydrogen) atoms. The van der Waals surface area contributed by atoms with Gasteiger partial charge in [0.25, 0.3) is 0 Å². The Labute approximate surface area is 46.8 Å². The van der Waals surface area contributed by atoms with Crippen molar-refractivity contribution in [1.82, 2.24) is 0 Å². The summed E-state index contributed by atoms with van der Waals surface area (Å²) in [6.45, 7) is 0. The fraction of sp³-hybridized carbons (Fsp3) is 0.600. The van der Waals surface area contributed by atoms with Gasteiger partial charge < -0.3 is 0 Å². The third-order valence-electron chi connectivity index (χ3n) is 1.24. The monoisotopic (exact) mass is 184 g/mol. The molecule has 0 atom stereocenters. The van der Waals surface area contributed by atoms with Crippen molar-refractivity contribution in [3.05, 3.63) is 12.2 Å². The van der Waals surface area contributed by atoms with Gasteiger partial charge in [0, 0.05) is 0 Å². The van der Waals surface area contributed by atoms with Crippen LogP contribution >= 0.6 is 0 Å². The average Bonchev–Trinajstić information content (AvgIpc) is 1.86. The summed E-state index contributed by atoms with van der Waals surface area (Å²) in [5.74, 6) is 0. The van der Waals surface area contributed by atoms with Crippen molar-refractivity contribution in [3.63, 3.8) is 0 Å². The molecule has 0 N–H and O–H groups in total. The Morgan fingerprint density at radius 1 is 1.33 bits per heavy atom. The van der Waals surface area contributed by atoms with Crippen LogP contribution in [0.15, 0.2) is 12.2 Å². The summed E-state index contributed by atoms with van der Waals surface area (Å²) in [6, 6.07) is 0. The molecule has 0 saturated heterocycles. The first-order valence-corrected chi connectivity index (χ1v) is 10.5. The molecule has 0 bridgehead atoms. The molecule has 0 aliphatic carbocycles. The van der Waals surface area contributed by atoms with E-state index in [1.165, 1.54) is 8.35 Å². The van der Waals surface area contributed by atoms with Crippen molar-refractivity contribution < 1.29 is 0 Å². The van der Waals surface area contributed by atoms with E-state index in [1.807, 2.05) is 0 Å². The summed E-state index contributed by atoms with van der Waals surface area (Å²) in [5, 5.41) is 0. The van der Waals surface area contributed by atoms with Crippen molar-refractivity contribution >= 4 is 21.4 Å². The van der Waals surface area contributed by atoms with Crippen molar-refractivity contribution in [1.29, 1.82) is 0 Å². The molecular formula is C5H9In. The molecule has 1 rings (SSSR count). The molecule has 1 heterocycles. The first kappa shape index (κ1) is 4.76. The van der Waals surface area contributed by atoms with E-state index in [-0.39, 0.29) is 0 Å². The second-order valence-electron chi connectivity index (χ2n) is 2.05. The number of hydrogen-bond donors (Lipinski definition) is 0. The molecule has 0 saturated carbocycles. The standard InChI is InChI=1S/C4H6.CH3.In/c1-3-4-2;;/h3-4H,1-2H2;1H3;. The molecule has 0 spiro atoms. The summed E-state index contributed by atoms with van der Waals surface area (Å²) in [7, 11) is 0. The Kier molecular flexibility index (Phi) is 1.63. The van der Waals surface area contributed by atoms with E-state index >= 15 is 0 Å². The van der Waals surface area contributed by atoms with E-state index in [2.05, 4.69) is 16.8 Å². The minimum atomic E-state index is -0.721. The predicted molar refractivity (Wildman–Crippen MR) is 30.4 cm³/mol. The van der Waals surface area contributed by atoms with Crippen molar-refractivity contribution in [2.75, 3.05) is 0 Å². The summed E-state index contributed by atoms with van der Waals surface area (Å²) in [6.07, 6.45) is 4.70. The third-order valence-corrected chi connectivity index (χ3v) is 7.39. The number of allylic oxidation sites excluding steroid dienone is 2. The van der Waals surface area contributed by atoms with Crippen molar-refractivity contribution in [2.24, 2.45) is 0 Å². The topological polar surface area (TPSA) is 0 Å². The van der Waals surface area contributed by atoms with Gasteiger partial charge >= 0.3 is 46.6 Å². The van der Waals surface area contributed by atoms with Crippen molar-refractivity contribution in [3.8, 4) is 0 Å². The van der Waals surface area contributed by atoms with Crippen LogP contribution in [0.3, 0.4) is 0 Å². The van der Waals surface area contributed by atoms with Gasteiger partial charge in [0.05, 0.1) is 0 Å². The average molecular weight is 184 g/mol. The van der Waals surface area contributed by atoms with Crippen LogP contribution in [-0.4, -0.2) is 21.4 Å². The van der Waals surface area contributed by atoms with Gasteiger partial charge in [-0.3, -0.25) is 0 Å². The van der Waals surface area contributed by atoms with Crippen LogP contribution in [0.4, 0.5) is 0 Å². The Morgan fingerprint density at radius 3 is 2.00 bits per heavy atom. The van der Waals surface area contributed by atoms with Crippen LogP contribution in [-0.2, 0) is 0 Å². The first-order valence-electron chi connectivity index (χ1n) is 2.54. The van der Waals surface area contributed by atoms with E-state index in [0.29, 0.717) is 0 Å². The molecule has 1 heteroatoms. The van der Waals surface area contributed by atoms with Crippen molar-refractivity contribution in [2.45, 2.75) is 13.0 Å². The van der Waals surface area contributed by atoms with Gasteiger partial charge in [0.1, 0.15) is 0 Å². The summed E-state index contributed by atoms with van der Waals surface area (Å²) < 4.78 is 5.52. The van der Waals surface area contributed by atoms with Gasteiger partial charge in [-0.2, -0.15) is 0 Å². The van der Waals surface area contributed by atoms with Crippen LogP contribution in [0.25, 0.3) is 0 Å². The van der Waals surface area contributed by atoms with E-state index in [0.717, 1.165) is 0 Å². The molecule has 1 aliphatic heterocycles. The number of hydrogen-bond acceptors (Lipinski definition) is 0. The SMILES string of the molecule is [CH3][In]1[CH2]C=C[CH2]1. The van der Waals surface area contributed by atoms with Crippen LogP contribution in [0.5, 0.6) is 0 Å². The number of rotatable bonds is 0. The Morgan fingerprint density at radius 2 is 1.83 bits per heavy atom. The zero-order valence-electron chi connectivity index (χ0n) is 4.15. The first-order chi connectivity index (χ1) is 2.89. The normalized spacial score (nSPS) is 19.8. The molecule has 0 aromatic heterocycles. The van der Waals surface area contributed by atoms with E-state index in [9.17, 15) is 0 Å². The minimum absolute atomic E-state index is 0.721. The predicted octanol–water partition coefficient (Wildman–Crippen LogP) is 1.68. The summed E-state index contributed by atoms with van der Waals surface area (Å²) in [5.41, 5.74) is 0. The zero-order chi connectivity index (χ0) is 4.41. The van der Waals surface area contributed by atoms with E-state index in [1.54, 1.807) is 0 Å². The maximum atomic E-state index is 2.49. The Hall–Kier alpha value is 0.610. The molecule has 1 aliphatic rings. The molecule has 0 radical (unpaired) electrons. The molecule has 0 fully saturated rings. The molecule has 0 amide bonds. The zero-order valence-corrected chi connectivity index (χ0v) is 7.44. The van der Waals surface area contributed by atoms with Crippen LogP contribution < -0.4 is 0 Å². The maximum absolute atomic E-state index is 2.49. The second-order valence-corrected chi connectivity index (χ2v) is 11.0. The molecular weight excluding hydrogens is 175 g/mol.